The molecular formula is C14H23N3. The van der Waals surface area contributed by atoms with Gasteiger partial charge in [-0.05, 0) is 19.5 Å². The summed E-state index contributed by atoms with van der Waals surface area (Å²) in [4.78, 5) is 4.89. The first-order chi connectivity index (χ1) is 8.18. The third-order valence-electron chi connectivity index (χ3n) is 3.57. The fourth-order valence-electron chi connectivity index (χ4n) is 2.60. The normalized spacial score (nSPS) is 22.3. The zero-order valence-corrected chi connectivity index (χ0v) is 10.8. The summed E-state index contributed by atoms with van der Waals surface area (Å²) >= 11 is 0. The summed E-state index contributed by atoms with van der Waals surface area (Å²) in [7, 11) is 2.18. The van der Waals surface area contributed by atoms with E-state index in [9.17, 15) is 0 Å². The average molecular weight is 233 g/mol. The van der Waals surface area contributed by atoms with E-state index in [0.29, 0.717) is 6.04 Å². The lowest BCUT2D eigenvalue weighted by atomic mass is 9.98. The molecule has 17 heavy (non-hydrogen) atoms. The van der Waals surface area contributed by atoms with E-state index >= 15 is 0 Å². The quantitative estimate of drug-likeness (QED) is 0.854. The molecule has 1 heterocycles. The molecule has 3 nitrogen and oxygen atoms in total. The van der Waals surface area contributed by atoms with Gasteiger partial charge in [0.1, 0.15) is 0 Å². The molecule has 0 aliphatic carbocycles. The largest absolute Gasteiger partial charge is 0.326 e. The fourth-order valence-corrected chi connectivity index (χ4v) is 2.60. The topological polar surface area (TPSA) is 32.5 Å². The molecular weight excluding hydrogens is 210 g/mol. The monoisotopic (exact) mass is 233 g/mol. The molecule has 3 heteroatoms. The molecule has 0 amide bonds. The second-order valence-electron chi connectivity index (χ2n) is 5.05. The van der Waals surface area contributed by atoms with Crippen LogP contribution in [-0.4, -0.2) is 49.1 Å². The van der Waals surface area contributed by atoms with E-state index in [1.54, 1.807) is 0 Å². The standard InChI is InChI=1S/C14H23N3/c1-12(15)14(13-6-4-3-5-7-13)17-10-8-16(2)9-11-17/h3-7,12,14H,8-11,15H2,1-2H3/t12-,14+/m1/s1. The van der Waals surface area contributed by atoms with E-state index in [1.165, 1.54) is 5.56 Å². The van der Waals surface area contributed by atoms with Crippen LogP contribution in [0, 0.1) is 0 Å². The summed E-state index contributed by atoms with van der Waals surface area (Å²) < 4.78 is 0. The lowest BCUT2D eigenvalue weighted by Gasteiger charge is -2.39. The lowest BCUT2D eigenvalue weighted by molar-refractivity contribution is 0.101. The molecule has 1 aliphatic rings. The summed E-state index contributed by atoms with van der Waals surface area (Å²) in [6.45, 7) is 6.59. The predicted molar refractivity (Wildman–Crippen MR) is 71.9 cm³/mol. The van der Waals surface area contributed by atoms with E-state index < -0.39 is 0 Å². The highest BCUT2D eigenvalue weighted by atomic mass is 15.3. The van der Waals surface area contributed by atoms with Crippen LogP contribution in [-0.2, 0) is 0 Å². The third kappa shape index (κ3) is 3.06. The molecule has 1 aliphatic heterocycles. The number of piperazine rings is 1. The van der Waals surface area contributed by atoms with Crippen LogP contribution >= 0.6 is 0 Å². The van der Waals surface area contributed by atoms with Gasteiger partial charge in [-0.3, -0.25) is 4.90 Å². The lowest BCUT2D eigenvalue weighted by Crippen LogP contribution is -2.49. The number of benzene rings is 1. The van der Waals surface area contributed by atoms with Crippen LogP contribution < -0.4 is 5.73 Å². The van der Waals surface area contributed by atoms with Crippen LogP contribution in [0.4, 0.5) is 0 Å². The number of hydrogen-bond acceptors (Lipinski definition) is 3. The SMILES string of the molecule is C[C@@H](N)[C@@H](c1ccccc1)N1CCN(C)CC1. The van der Waals surface area contributed by atoms with Crippen LogP contribution in [0.15, 0.2) is 30.3 Å². The van der Waals surface area contributed by atoms with Crippen LogP contribution in [0.3, 0.4) is 0 Å². The van der Waals surface area contributed by atoms with Crippen molar-refractivity contribution in [2.45, 2.75) is 19.0 Å². The molecule has 2 N–H and O–H groups in total. The van der Waals surface area contributed by atoms with Crippen LogP contribution in [0.25, 0.3) is 0 Å². The van der Waals surface area contributed by atoms with Gasteiger partial charge >= 0.3 is 0 Å². The van der Waals surface area contributed by atoms with Crippen molar-refractivity contribution in [3.63, 3.8) is 0 Å². The van der Waals surface area contributed by atoms with E-state index in [-0.39, 0.29) is 6.04 Å². The number of nitrogens with zero attached hydrogens (tertiary/aromatic N) is 2. The van der Waals surface area contributed by atoms with Crippen molar-refractivity contribution >= 4 is 0 Å². The zero-order chi connectivity index (χ0) is 12.3. The minimum absolute atomic E-state index is 0.167. The Bertz CT molecular complexity index is 329. The maximum atomic E-state index is 6.18. The number of nitrogens with two attached hydrogens (primary N) is 1. The third-order valence-corrected chi connectivity index (χ3v) is 3.57. The minimum atomic E-state index is 0.167. The summed E-state index contributed by atoms with van der Waals surface area (Å²) in [6, 6.07) is 11.2. The first kappa shape index (κ1) is 12.6. The minimum Gasteiger partial charge on any atom is -0.326 e. The first-order valence-electron chi connectivity index (χ1n) is 6.41. The smallest absolute Gasteiger partial charge is 0.0497 e. The van der Waals surface area contributed by atoms with Gasteiger partial charge in [-0.25, -0.2) is 0 Å². The zero-order valence-electron chi connectivity index (χ0n) is 10.8. The Kier molecular flexibility index (Phi) is 4.15. The molecule has 0 saturated carbocycles. The van der Waals surface area contributed by atoms with Gasteiger partial charge in [0, 0.05) is 38.3 Å². The molecule has 0 unspecified atom stereocenters. The number of rotatable bonds is 3. The first-order valence-corrected chi connectivity index (χ1v) is 6.41. The summed E-state index contributed by atoms with van der Waals surface area (Å²) in [5.74, 6) is 0. The highest BCUT2D eigenvalue weighted by Gasteiger charge is 2.26. The molecule has 0 spiro atoms. The van der Waals surface area contributed by atoms with E-state index in [0.717, 1.165) is 26.2 Å². The van der Waals surface area contributed by atoms with Crippen molar-refractivity contribution < 1.29 is 0 Å². The van der Waals surface area contributed by atoms with Crippen LogP contribution in [0.5, 0.6) is 0 Å². The summed E-state index contributed by atoms with van der Waals surface area (Å²) in [5.41, 5.74) is 7.52. The highest BCUT2D eigenvalue weighted by molar-refractivity contribution is 5.20. The Hall–Kier alpha value is -0.900. The number of likely N-dealkylation sites (N-methyl/N-ethyl adjacent to an activating group) is 1. The molecule has 2 rings (SSSR count). The van der Waals surface area contributed by atoms with Crippen molar-refractivity contribution in [1.82, 2.24) is 9.80 Å². The summed E-state index contributed by atoms with van der Waals surface area (Å²) in [5, 5.41) is 0. The van der Waals surface area contributed by atoms with E-state index in [1.807, 2.05) is 0 Å². The maximum Gasteiger partial charge on any atom is 0.0497 e. The fraction of sp³-hybridized carbons (Fsp3) is 0.571. The highest BCUT2D eigenvalue weighted by Crippen LogP contribution is 2.24. The Morgan fingerprint density at radius 3 is 2.18 bits per heavy atom. The van der Waals surface area contributed by atoms with Crippen molar-refractivity contribution in [2.24, 2.45) is 5.73 Å². The van der Waals surface area contributed by atoms with Crippen LogP contribution in [0.1, 0.15) is 18.5 Å². The van der Waals surface area contributed by atoms with Gasteiger partial charge in [0.2, 0.25) is 0 Å². The molecule has 1 saturated heterocycles. The van der Waals surface area contributed by atoms with Crippen molar-refractivity contribution in [2.75, 3.05) is 33.2 Å². The van der Waals surface area contributed by atoms with Gasteiger partial charge in [-0.2, -0.15) is 0 Å². The second kappa shape index (κ2) is 5.63. The maximum absolute atomic E-state index is 6.18. The summed E-state index contributed by atoms with van der Waals surface area (Å²) in [6.07, 6.45) is 0. The Balaban J connectivity index is 2.13. The molecule has 1 fully saturated rings. The van der Waals surface area contributed by atoms with Gasteiger partial charge in [0.15, 0.2) is 0 Å². The molecule has 1 aromatic rings. The van der Waals surface area contributed by atoms with E-state index in [4.69, 9.17) is 5.73 Å². The number of hydrogen-bond donors (Lipinski definition) is 1. The van der Waals surface area contributed by atoms with Crippen LogP contribution in [0.2, 0.25) is 0 Å². The molecule has 0 aromatic heterocycles. The van der Waals surface area contributed by atoms with Gasteiger partial charge < -0.3 is 10.6 Å². The Morgan fingerprint density at radius 1 is 1.06 bits per heavy atom. The molecule has 2 atom stereocenters. The molecule has 0 radical (unpaired) electrons. The van der Waals surface area contributed by atoms with Gasteiger partial charge in [0.05, 0.1) is 0 Å². The van der Waals surface area contributed by atoms with Gasteiger partial charge in [-0.1, -0.05) is 30.3 Å². The Labute approximate surface area is 104 Å². The average Bonchev–Trinajstić information content (AvgIpc) is 2.33. The second-order valence-corrected chi connectivity index (χ2v) is 5.05. The molecule has 0 bridgehead atoms. The molecule has 94 valence electrons. The molecule has 1 aromatic carbocycles. The predicted octanol–water partition coefficient (Wildman–Crippen LogP) is 1.32. The van der Waals surface area contributed by atoms with Gasteiger partial charge in [0.25, 0.3) is 0 Å². The Morgan fingerprint density at radius 2 is 1.65 bits per heavy atom. The van der Waals surface area contributed by atoms with Gasteiger partial charge in [-0.15, -0.1) is 0 Å². The van der Waals surface area contributed by atoms with Crippen molar-refractivity contribution in [3.8, 4) is 0 Å². The van der Waals surface area contributed by atoms with Crippen molar-refractivity contribution in [1.29, 1.82) is 0 Å². The van der Waals surface area contributed by atoms with E-state index in [2.05, 4.69) is 54.1 Å². The van der Waals surface area contributed by atoms with Crippen molar-refractivity contribution in [3.05, 3.63) is 35.9 Å².